The fraction of sp³-hybridized carbons (Fsp3) is 0.310. The SMILES string of the molecule is COc1ccc(Cc2cc(OC)cc(OC)c2C(=O)c2cc(OC)cc(OC)c2[C@@H](C)OC(C)=O)cc1. The number of ketones is 1. The van der Waals surface area contributed by atoms with E-state index in [-0.39, 0.29) is 11.3 Å². The van der Waals surface area contributed by atoms with Gasteiger partial charge < -0.3 is 28.4 Å². The lowest BCUT2D eigenvalue weighted by atomic mass is 9.89. The minimum Gasteiger partial charge on any atom is -0.497 e. The first-order chi connectivity index (χ1) is 17.8. The van der Waals surface area contributed by atoms with Gasteiger partial charge in [0.05, 0.1) is 41.1 Å². The highest BCUT2D eigenvalue weighted by molar-refractivity contribution is 6.13. The van der Waals surface area contributed by atoms with Crippen molar-refractivity contribution in [3.05, 3.63) is 76.3 Å². The zero-order valence-electron chi connectivity index (χ0n) is 22.2. The molecule has 0 fully saturated rings. The van der Waals surface area contributed by atoms with Gasteiger partial charge in [0.15, 0.2) is 5.78 Å². The molecule has 0 saturated carbocycles. The van der Waals surface area contributed by atoms with Crippen molar-refractivity contribution in [3.63, 3.8) is 0 Å². The third-order valence-electron chi connectivity index (χ3n) is 5.96. The number of hydrogen-bond acceptors (Lipinski definition) is 8. The Balaban J connectivity index is 2.24. The molecule has 8 nitrogen and oxygen atoms in total. The normalized spacial score (nSPS) is 11.3. The van der Waals surface area contributed by atoms with E-state index in [0.29, 0.717) is 46.1 Å². The van der Waals surface area contributed by atoms with Crippen molar-refractivity contribution in [2.75, 3.05) is 35.5 Å². The largest absolute Gasteiger partial charge is 0.497 e. The second-order valence-corrected chi connectivity index (χ2v) is 8.26. The third-order valence-corrected chi connectivity index (χ3v) is 5.96. The molecule has 0 spiro atoms. The summed E-state index contributed by atoms with van der Waals surface area (Å²) in [5.41, 5.74) is 2.70. The Hall–Kier alpha value is -4.20. The first kappa shape index (κ1) is 27.4. The van der Waals surface area contributed by atoms with E-state index in [2.05, 4.69) is 0 Å². The molecule has 0 unspecified atom stereocenters. The second-order valence-electron chi connectivity index (χ2n) is 8.26. The van der Waals surface area contributed by atoms with Crippen LogP contribution < -0.4 is 23.7 Å². The highest BCUT2D eigenvalue weighted by atomic mass is 16.5. The minimum atomic E-state index is -0.758. The molecule has 196 valence electrons. The van der Waals surface area contributed by atoms with Gasteiger partial charge in [0.2, 0.25) is 0 Å². The topological polar surface area (TPSA) is 89.5 Å². The summed E-state index contributed by atoms with van der Waals surface area (Å²) in [7, 11) is 7.64. The van der Waals surface area contributed by atoms with Crippen LogP contribution in [0.3, 0.4) is 0 Å². The van der Waals surface area contributed by atoms with Crippen LogP contribution in [0.25, 0.3) is 0 Å². The van der Waals surface area contributed by atoms with E-state index in [9.17, 15) is 9.59 Å². The Morgan fingerprint density at radius 2 is 1.30 bits per heavy atom. The summed E-state index contributed by atoms with van der Waals surface area (Å²) in [6.07, 6.45) is -0.333. The zero-order chi connectivity index (χ0) is 27.1. The van der Waals surface area contributed by atoms with Gasteiger partial charge in [0.25, 0.3) is 0 Å². The maximum atomic E-state index is 14.3. The predicted molar refractivity (Wildman–Crippen MR) is 139 cm³/mol. The lowest BCUT2D eigenvalue weighted by Crippen LogP contribution is -2.16. The minimum absolute atomic E-state index is 0.268. The van der Waals surface area contributed by atoms with Gasteiger partial charge in [-0.15, -0.1) is 0 Å². The highest BCUT2D eigenvalue weighted by Crippen LogP contribution is 2.39. The van der Waals surface area contributed by atoms with Crippen LogP contribution in [-0.2, 0) is 16.0 Å². The van der Waals surface area contributed by atoms with Crippen molar-refractivity contribution in [3.8, 4) is 28.7 Å². The van der Waals surface area contributed by atoms with Gasteiger partial charge in [0.1, 0.15) is 34.9 Å². The van der Waals surface area contributed by atoms with Crippen LogP contribution in [0.4, 0.5) is 0 Å². The summed E-state index contributed by atoms with van der Waals surface area (Å²) in [6.45, 7) is 3.00. The van der Waals surface area contributed by atoms with Crippen LogP contribution in [-0.4, -0.2) is 47.3 Å². The van der Waals surface area contributed by atoms with Gasteiger partial charge >= 0.3 is 5.97 Å². The molecule has 0 aliphatic rings. The Kier molecular flexibility index (Phi) is 9.00. The fourth-order valence-electron chi connectivity index (χ4n) is 4.22. The first-order valence-corrected chi connectivity index (χ1v) is 11.6. The quantitative estimate of drug-likeness (QED) is 0.259. The monoisotopic (exact) mass is 508 g/mol. The van der Waals surface area contributed by atoms with Crippen LogP contribution in [0.15, 0.2) is 48.5 Å². The average molecular weight is 509 g/mol. The number of methoxy groups -OCH3 is 5. The van der Waals surface area contributed by atoms with Crippen molar-refractivity contribution >= 4 is 11.8 Å². The van der Waals surface area contributed by atoms with Crippen molar-refractivity contribution in [2.45, 2.75) is 26.4 Å². The number of esters is 1. The lowest BCUT2D eigenvalue weighted by molar-refractivity contribution is -0.145. The third kappa shape index (κ3) is 6.14. The number of carbonyl (C=O) groups is 2. The van der Waals surface area contributed by atoms with E-state index in [1.54, 1.807) is 39.3 Å². The summed E-state index contributed by atoms with van der Waals surface area (Å²) >= 11 is 0. The Morgan fingerprint density at radius 1 is 0.730 bits per heavy atom. The Morgan fingerprint density at radius 3 is 1.84 bits per heavy atom. The van der Waals surface area contributed by atoms with E-state index < -0.39 is 12.1 Å². The molecule has 0 heterocycles. The van der Waals surface area contributed by atoms with E-state index in [0.717, 1.165) is 11.3 Å². The summed E-state index contributed by atoms with van der Waals surface area (Å²) in [5, 5.41) is 0. The van der Waals surface area contributed by atoms with Crippen LogP contribution in [0.1, 0.15) is 52.6 Å². The molecule has 37 heavy (non-hydrogen) atoms. The molecule has 0 N–H and O–H groups in total. The fourth-order valence-corrected chi connectivity index (χ4v) is 4.22. The van der Waals surface area contributed by atoms with Gasteiger partial charge in [-0.2, -0.15) is 0 Å². The molecule has 0 aliphatic heterocycles. The van der Waals surface area contributed by atoms with E-state index >= 15 is 0 Å². The van der Waals surface area contributed by atoms with E-state index in [1.165, 1.54) is 28.3 Å². The molecule has 3 aromatic carbocycles. The molecule has 0 aliphatic carbocycles. The number of benzene rings is 3. The smallest absolute Gasteiger partial charge is 0.303 e. The molecule has 3 rings (SSSR count). The Bertz CT molecular complexity index is 1260. The van der Waals surface area contributed by atoms with Crippen LogP contribution in [0.5, 0.6) is 28.7 Å². The highest BCUT2D eigenvalue weighted by Gasteiger charge is 2.29. The maximum absolute atomic E-state index is 14.3. The molecular formula is C29H32O8. The Labute approximate surface area is 217 Å². The van der Waals surface area contributed by atoms with Gasteiger partial charge in [-0.3, -0.25) is 9.59 Å². The molecule has 0 radical (unpaired) electrons. The van der Waals surface area contributed by atoms with Crippen molar-refractivity contribution in [1.82, 2.24) is 0 Å². The number of carbonyl (C=O) groups excluding carboxylic acids is 2. The van der Waals surface area contributed by atoms with Gasteiger partial charge in [-0.05, 0) is 48.7 Å². The summed E-state index contributed by atoms with van der Waals surface area (Å²) in [5.74, 6) is 1.59. The summed E-state index contributed by atoms with van der Waals surface area (Å²) in [6, 6.07) is 14.3. The van der Waals surface area contributed by atoms with Crippen LogP contribution >= 0.6 is 0 Å². The van der Waals surface area contributed by atoms with Gasteiger partial charge in [-0.25, -0.2) is 0 Å². The van der Waals surface area contributed by atoms with Crippen molar-refractivity contribution in [1.29, 1.82) is 0 Å². The maximum Gasteiger partial charge on any atom is 0.303 e. The average Bonchev–Trinajstić information content (AvgIpc) is 2.91. The molecule has 0 saturated heterocycles. The number of rotatable bonds is 11. The van der Waals surface area contributed by atoms with E-state index in [4.69, 9.17) is 28.4 Å². The van der Waals surface area contributed by atoms with Crippen molar-refractivity contribution < 1.29 is 38.0 Å². The lowest BCUT2D eigenvalue weighted by Gasteiger charge is -2.22. The summed E-state index contributed by atoms with van der Waals surface area (Å²) < 4.78 is 32.9. The van der Waals surface area contributed by atoms with E-state index in [1.807, 2.05) is 30.3 Å². The van der Waals surface area contributed by atoms with Crippen molar-refractivity contribution in [2.24, 2.45) is 0 Å². The summed E-state index contributed by atoms with van der Waals surface area (Å²) in [4.78, 5) is 26.1. The number of ether oxygens (including phenoxy) is 6. The van der Waals surface area contributed by atoms with Crippen LogP contribution in [0, 0.1) is 0 Å². The zero-order valence-corrected chi connectivity index (χ0v) is 22.2. The molecule has 8 heteroatoms. The van der Waals surface area contributed by atoms with Gasteiger partial charge in [0, 0.05) is 30.2 Å². The van der Waals surface area contributed by atoms with Crippen LogP contribution in [0.2, 0.25) is 0 Å². The second kappa shape index (κ2) is 12.2. The molecule has 0 bridgehead atoms. The predicted octanol–water partition coefficient (Wildman–Crippen LogP) is 5.18. The first-order valence-electron chi connectivity index (χ1n) is 11.6. The molecule has 0 aromatic heterocycles. The molecule has 0 amide bonds. The standard InChI is InChI=1S/C29H32O8/c1-17(37-18(2)30)27-24(14-23(34-5)16-25(27)35-6)29(31)28-20(13-22(33-4)15-26(28)36-7)12-19-8-10-21(32-3)11-9-19/h8-11,13-17H,12H2,1-7H3/t17-/m1/s1. The molecule has 3 aromatic rings. The van der Waals surface area contributed by atoms with Gasteiger partial charge in [-0.1, -0.05) is 12.1 Å². The molecular weight excluding hydrogens is 476 g/mol. The number of hydrogen-bond donors (Lipinski definition) is 0. The molecule has 1 atom stereocenters.